The molecule has 0 atom stereocenters. The Morgan fingerprint density at radius 2 is 1.69 bits per heavy atom. The lowest BCUT2D eigenvalue weighted by Crippen LogP contribution is -2.30. The van der Waals surface area contributed by atoms with Gasteiger partial charge in [0.05, 0.1) is 13.2 Å². The van der Waals surface area contributed by atoms with Crippen molar-refractivity contribution in [3.8, 4) is 0 Å². The van der Waals surface area contributed by atoms with E-state index in [1.807, 2.05) is 18.2 Å². The van der Waals surface area contributed by atoms with E-state index in [9.17, 15) is 0 Å². The molecule has 1 fully saturated rings. The van der Waals surface area contributed by atoms with Gasteiger partial charge in [-0.1, -0.05) is 35.9 Å². The fraction of sp³-hybridized carbons (Fsp3) is 0.455. The standard InChI is InChI=1S/C7H8.C4H9NO/c1-7-5-3-2-4-6-7;1-3-6-4-2-5-1/h2-6H,1H3;5H,1-4H2. The Kier molecular flexibility index (Phi) is 5.22. The van der Waals surface area contributed by atoms with Gasteiger partial charge in [-0.2, -0.15) is 0 Å². The van der Waals surface area contributed by atoms with Gasteiger partial charge in [0, 0.05) is 13.1 Å². The molecule has 0 unspecified atom stereocenters. The molecule has 0 aliphatic carbocycles. The maximum atomic E-state index is 5.01. The van der Waals surface area contributed by atoms with Gasteiger partial charge in [-0.15, -0.1) is 0 Å². The third kappa shape index (κ3) is 5.39. The lowest BCUT2D eigenvalue weighted by Gasteiger charge is -2.10. The van der Waals surface area contributed by atoms with Crippen molar-refractivity contribution in [1.29, 1.82) is 0 Å². The minimum absolute atomic E-state index is 0.889. The number of ether oxygens (including phenoxy) is 1. The zero-order valence-electron chi connectivity index (χ0n) is 8.12. The second-order valence-electron chi connectivity index (χ2n) is 3.02. The van der Waals surface area contributed by atoms with E-state index in [4.69, 9.17) is 4.74 Å². The summed E-state index contributed by atoms with van der Waals surface area (Å²) in [6.07, 6.45) is 0. The Balaban J connectivity index is 0.000000132. The molecule has 1 aromatic carbocycles. The van der Waals surface area contributed by atoms with Crippen LogP contribution in [0.2, 0.25) is 0 Å². The summed E-state index contributed by atoms with van der Waals surface area (Å²) in [6.45, 7) is 5.92. The van der Waals surface area contributed by atoms with Crippen molar-refractivity contribution in [1.82, 2.24) is 5.32 Å². The van der Waals surface area contributed by atoms with Gasteiger partial charge < -0.3 is 10.1 Å². The number of rotatable bonds is 0. The molecular formula is C11H17NO. The Morgan fingerprint density at radius 1 is 1.08 bits per heavy atom. The van der Waals surface area contributed by atoms with Gasteiger partial charge in [-0.05, 0) is 6.92 Å². The van der Waals surface area contributed by atoms with Crippen molar-refractivity contribution in [3.63, 3.8) is 0 Å². The van der Waals surface area contributed by atoms with Crippen molar-refractivity contribution >= 4 is 0 Å². The molecule has 0 amide bonds. The molecule has 0 aromatic heterocycles. The molecule has 1 aromatic rings. The van der Waals surface area contributed by atoms with E-state index < -0.39 is 0 Å². The maximum absolute atomic E-state index is 5.01. The fourth-order valence-electron chi connectivity index (χ4n) is 1.05. The monoisotopic (exact) mass is 179 g/mol. The van der Waals surface area contributed by atoms with E-state index in [0.29, 0.717) is 0 Å². The normalized spacial score (nSPS) is 15.8. The Labute approximate surface area is 79.9 Å². The van der Waals surface area contributed by atoms with Crippen molar-refractivity contribution < 1.29 is 4.74 Å². The van der Waals surface area contributed by atoms with E-state index in [-0.39, 0.29) is 0 Å². The van der Waals surface area contributed by atoms with Gasteiger partial charge in [0.15, 0.2) is 0 Å². The lowest BCUT2D eigenvalue weighted by atomic mass is 10.2. The summed E-state index contributed by atoms with van der Waals surface area (Å²) in [5, 5.41) is 3.16. The highest BCUT2D eigenvalue weighted by Gasteiger charge is 1.92. The van der Waals surface area contributed by atoms with Crippen LogP contribution in [0.5, 0.6) is 0 Å². The maximum Gasteiger partial charge on any atom is 0.0591 e. The number of hydrogen-bond acceptors (Lipinski definition) is 2. The third-order valence-electron chi connectivity index (χ3n) is 1.79. The van der Waals surface area contributed by atoms with Crippen LogP contribution in [0.3, 0.4) is 0 Å². The number of benzene rings is 1. The summed E-state index contributed by atoms with van der Waals surface area (Å²) in [5.41, 5.74) is 1.32. The van der Waals surface area contributed by atoms with Crippen molar-refractivity contribution in [3.05, 3.63) is 35.9 Å². The average molecular weight is 179 g/mol. The van der Waals surface area contributed by atoms with Crippen molar-refractivity contribution in [2.75, 3.05) is 26.3 Å². The van der Waals surface area contributed by atoms with E-state index in [0.717, 1.165) is 26.3 Å². The fourth-order valence-corrected chi connectivity index (χ4v) is 1.05. The minimum Gasteiger partial charge on any atom is -0.379 e. The molecule has 0 bridgehead atoms. The Bertz CT molecular complexity index is 195. The predicted molar refractivity (Wildman–Crippen MR) is 54.9 cm³/mol. The first-order valence-electron chi connectivity index (χ1n) is 4.70. The first-order valence-corrected chi connectivity index (χ1v) is 4.70. The zero-order valence-corrected chi connectivity index (χ0v) is 8.12. The molecule has 13 heavy (non-hydrogen) atoms. The molecule has 2 nitrogen and oxygen atoms in total. The van der Waals surface area contributed by atoms with Crippen LogP contribution in [0, 0.1) is 6.92 Å². The predicted octanol–water partition coefficient (Wildman–Crippen LogP) is 1.60. The van der Waals surface area contributed by atoms with Crippen LogP contribution in [-0.2, 0) is 4.74 Å². The highest BCUT2D eigenvalue weighted by molar-refractivity contribution is 5.11. The smallest absolute Gasteiger partial charge is 0.0591 e. The molecular weight excluding hydrogens is 162 g/mol. The Morgan fingerprint density at radius 3 is 1.92 bits per heavy atom. The molecule has 72 valence electrons. The van der Waals surface area contributed by atoms with Gasteiger partial charge >= 0.3 is 0 Å². The van der Waals surface area contributed by atoms with Crippen LogP contribution in [0.25, 0.3) is 0 Å². The van der Waals surface area contributed by atoms with Crippen LogP contribution >= 0.6 is 0 Å². The number of morpholine rings is 1. The van der Waals surface area contributed by atoms with Crippen molar-refractivity contribution in [2.24, 2.45) is 0 Å². The van der Waals surface area contributed by atoms with Gasteiger partial charge in [0.25, 0.3) is 0 Å². The molecule has 0 saturated carbocycles. The summed E-state index contributed by atoms with van der Waals surface area (Å²) in [5.74, 6) is 0. The highest BCUT2D eigenvalue weighted by atomic mass is 16.5. The second kappa shape index (κ2) is 6.63. The first kappa shape index (κ1) is 10.2. The third-order valence-corrected chi connectivity index (χ3v) is 1.79. The van der Waals surface area contributed by atoms with Crippen molar-refractivity contribution in [2.45, 2.75) is 6.92 Å². The molecule has 1 aliphatic rings. The van der Waals surface area contributed by atoms with Gasteiger partial charge in [-0.25, -0.2) is 0 Å². The van der Waals surface area contributed by atoms with E-state index in [1.165, 1.54) is 5.56 Å². The minimum atomic E-state index is 0.889. The van der Waals surface area contributed by atoms with Crippen LogP contribution in [0.1, 0.15) is 5.56 Å². The largest absolute Gasteiger partial charge is 0.379 e. The molecule has 2 rings (SSSR count). The first-order chi connectivity index (χ1) is 6.39. The van der Waals surface area contributed by atoms with E-state index in [1.54, 1.807) is 0 Å². The summed E-state index contributed by atoms with van der Waals surface area (Å²) in [4.78, 5) is 0. The van der Waals surface area contributed by atoms with Gasteiger partial charge in [-0.3, -0.25) is 0 Å². The van der Waals surface area contributed by atoms with E-state index in [2.05, 4.69) is 24.4 Å². The molecule has 1 aliphatic heterocycles. The summed E-state index contributed by atoms with van der Waals surface area (Å²) in [7, 11) is 0. The molecule has 1 saturated heterocycles. The average Bonchev–Trinajstić information content (AvgIpc) is 2.22. The zero-order chi connectivity index (χ0) is 9.36. The number of aryl methyl sites for hydroxylation is 1. The van der Waals surface area contributed by atoms with Crippen LogP contribution < -0.4 is 5.32 Å². The van der Waals surface area contributed by atoms with Gasteiger partial charge in [0.1, 0.15) is 0 Å². The quantitative estimate of drug-likeness (QED) is 0.653. The summed E-state index contributed by atoms with van der Waals surface area (Å²) in [6, 6.07) is 10.3. The number of hydrogen-bond donors (Lipinski definition) is 1. The topological polar surface area (TPSA) is 21.3 Å². The molecule has 0 spiro atoms. The molecule has 2 heteroatoms. The summed E-state index contributed by atoms with van der Waals surface area (Å²) >= 11 is 0. The SMILES string of the molecule is C1COCCN1.Cc1ccccc1. The lowest BCUT2D eigenvalue weighted by molar-refractivity contribution is 0.109. The Hall–Kier alpha value is -0.860. The van der Waals surface area contributed by atoms with Crippen LogP contribution in [-0.4, -0.2) is 26.3 Å². The van der Waals surface area contributed by atoms with Crippen LogP contribution in [0.15, 0.2) is 30.3 Å². The van der Waals surface area contributed by atoms with E-state index >= 15 is 0 Å². The highest BCUT2D eigenvalue weighted by Crippen LogP contribution is 1.92. The number of nitrogens with one attached hydrogen (secondary N) is 1. The molecule has 0 radical (unpaired) electrons. The molecule has 1 N–H and O–H groups in total. The van der Waals surface area contributed by atoms with Gasteiger partial charge in [0.2, 0.25) is 0 Å². The second-order valence-corrected chi connectivity index (χ2v) is 3.02. The molecule has 1 heterocycles. The summed E-state index contributed by atoms with van der Waals surface area (Å²) < 4.78 is 5.01. The van der Waals surface area contributed by atoms with Crippen LogP contribution in [0.4, 0.5) is 0 Å².